The number of aromatic nitrogens is 2. The van der Waals surface area contributed by atoms with E-state index in [4.69, 9.17) is 9.72 Å². The van der Waals surface area contributed by atoms with E-state index in [1.165, 1.54) is 36.2 Å². The van der Waals surface area contributed by atoms with Gasteiger partial charge in [0.05, 0.1) is 24.6 Å². The van der Waals surface area contributed by atoms with Gasteiger partial charge < -0.3 is 14.8 Å². The van der Waals surface area contributed by atoms with E-state index in [9.17, 15) is 9.90 Å². The average molecular weight is 456 g/mol. The molecule has 0 unspecified atom stereocenters. The summed E-state index contributed by atoms with van der Waals surface area (Å²) in [6, 6.07) is 6.71. The first-order chi connectivity index (χ1) is 15.5. The van der Waals surface area contributed by atoms with Crippen molar-refractivity contribution in [2.75, 3.05) is 20.3 Å². The molecule has 0 radical (unpaired) electrons. The van der Waals surface area contributed by atoms with Crippen molar-refractivity contribution in [2.24, 2.45) is 0 Å². The lowest BCUT2D eigenvalue weighted by Crippen LogP contribution is -2.42. The number of aryl methyl sites for hydroxylation is 2. The second-order valence-electron chi connectivity index (χ2n) is 8.99. The number of nitrogens with one attached hydrogen (secondary N) is 1. The lowest BCUT2D eigenvalue weighted by molar-refractivity contribution is 0.0173. The molecule has 0 saturated heterocycles. The van der Waals surface area contributed by atoms with Crippen molar-refractivity contribution in [3.05, 3.63) is 50.9 Å². The number of rotatable bonds is 8. The highest BCUT2D eigenvalue weighted by Gasteiger charge is 2.25. The molecule has 3 aromatic rings. The van der Waals surface area contributed by atoms with Crippen molar-refractivity contribution in [1.82, 2.24) is 14.9 Å². The van der Waals surface area contributed by atoms with Crippen LogP contribution >= 0.6 is 11.3 Å². The smallest absolute Gasteiger partial charge is 0.260 e. The number of methoxy groups -OCH3 is 1. The van der Waals surface area contributed by atoms with Crippen LogP contribution in [0.1, 0.15) is 49.1 Å². The molecule has 1 atom stereocenters. The minimum absolute atomic E-state index is 0.0943. The molecule has 1 aliphatic carbocycles. The molecule has 7 heteroatoms. The molecule has 172 valence electrons. The summed E-state index contributed by atoms with van der Waals surface area (Å²) >= 11 is 1.52. The molecule has 0 aliphatic heterocycles. The van der Waals surface area contributed by atoms with Crippen LogP contribution in [0.15, 0.2) is 28.4 Å². The zero-order valence-corrected chi connectivity index (χ0v) is 20.0. The number of nitrogens with zero attached hydrogens (tertiary/aromatic N) is 2. The molecule has 1 aromatic carbocycles. The standard InChI is InChI=1S/C25H33N3O3S/c1-16-9-10-17(2)20(11-16)21-15-32-25-23(21)24(30)26-22(27-25)13-28(12-19(29)14-31-3)18-7-5-4-6-8-18/h9-11,15,18-19,29H,4-8,12-14H2,1-3H3,(H,26,27,30)/t19-/m0/s1. The molecule has 1 fully saturated rings. The van der Waals surface area contributed by atoms with E-state index in [2.05, 4.69) is 41.9 Å². The maximum atomic E-state index is 13.2. The Bertz CT molecular complexity index is 1120. The number of aliphatic hydroxyl groups is 1. The van der Waals surface area contributed by atoms with Crippen molar-refractivity contribution < 1.29 is 9.84 Å². The van der Waals surface area contributed by atoms with Crippen LogP contribution in [0.4, 0.5) is 0 Å². The number of fused-ring (bicyclic) bond motifs is 1. The highest BCUT2D eigenvalue weighted by molar-refractivity contribution is 7.17. The first-order valence-corrected chi connectivity index (χ1v) is 12.3. The van der Waals surface area contributed by atoms with Crippen molar-refractivity contribution in [3.63, 3.8) is 0 Å². The molecule has 1 aliphatic rings. The van der Waals surface area contributed by atoms with Crippen molar-refractivity contribution in [2.45, 2.75) is 64.6 Å². The van der Waals surface area contributed by atoms with Gasteiger partial charge in [-0.1, -0.05) is 43.0 Å². The maximum Gasteiger partial charge on any atom is 0.260 e. The maximum absolute atomic E-state index is 13.2. The zero-order chi connectivity index (χ0) is 22.7. The van der Waals surface area contributed by atoms with E-state index in [1.807, 2.05) is 5.38 Å². The first-order valence-electron chi connectivity index (χ1n) is 11.5. The van der Waals surface area contributed by atoms with Crippen molar-refractivity contribution in [3.8, 4) is 11.1 Å². The quantitative estimate of drug-likeness (QED) is 0.526. The molecule has 4 rings (SSSR count). The normalized spacial score (nSPS) is 16.2. The molecule has 2 N–H and O–H groups in total. The number of benzene rings is 1. The van der Waals surface area contributed by atoms with Gasteiger partial charge in [0.25, 0.3) is 5.56 Å². The summed E-state index contributed by atoms with van der Waals surface area (Å²) in [5.41, 5.74) is 4.26. The molecule has 0 bridgehead atoms. The lowest BCUT2D eigenvalue weighted by atomic mass is 9.94. The second-order valence-corrected chi connectivity index (χ2v) is 9.85. The van der Waals surface area contributed by atoms with E-state index >= 15 is 0 Å². The highest BCUT2D eigenvalue weighted by atomic mass is 32.1. The number of hydrogen-bond donors (Lipinski definition) is 2. The van der Waals surface area contributed by atoms with Gasteiger partial charge in [0.15, 0.2) is 0 Å². The Balaban J connectivity index is 1.65. The van der Waals surface area contributed by atoms with Crippen LogP contribution in [-0.2, 0) is 11.3 Å². The third-order valence-electron chi connectivity index (χ3n) is 6.42. The molecular weight excluding hydrogens is 422 g/mol. The average Bonchev–Trinajstić information content (AvgIpc) is 3.20. The third-order valence-corrected chi connectivity index (χ3v) is 7.30. The fourth-order valence-electron chi connectivity index (χ4n) is 4.79. The third kappa shape index (κ3) is 5.12. The summed E-state index contributed by atoms with van der Waals surface area (Å²) in [6.45, 7) is 5.47. The van der Waals surface area contributed by atoms with Gasteiger partial charge in [-0.05, 0) is 37.8 Å². The van der Waals surface area contributed by atoms with E-state index in [0.717, 1.165) is 34.4 Å². The Hall–Kier alpha value is -2.06. The lowest BCUT2D eigenvalue weighted by Gasteiger charge is -2.35. The fraction of sp³-hybridized carbons (Fsp3) is 0.520. The molecule has 2 heterocycles. The minimum Gasteiger partial charge on any atom is -0.389 e. The number of ether oxygens (including phenoxy) is 1. The Morgan fingerprint density at radius 3 is 2.78 bits per heavy atom. The van der Waals surface area contributed by atoms with Crippen molar-refractivity contribution >= 4 is 21.6 Å². The molecule has 32 heavy (non-hydrogen) atoms. The van der Waals surface area contributed by atoms with Crippen LogP contribution in [0.25, 0.3) is 21.3 Å². The van der Waals surface area contributed by atoms with Crippen molar-refractivity contribution in [1.29, 1.82) is 0 Å². The topological polar surface area (TPSA) is 78.5 Å². The monoisotopic (exact) mass is 455 g/mol. The Kier molecular flexibility index (Phi) is 7.40. The van der Waals surface area contributed by atoms with Gasteiger partial charge in [-0.3, -0.25) is 9.69 Å². The zero-order valence-electron chi connectivity index (χ0n) is 19.2. The van der Waals surface area contributed by atoms with Gasteiger partial charge >= 0.3 is 0 Å². The fourth-order valence-corrected chi connectivity index (χ4v) is 5.75. The van der Waals surface area contributed by atoms with Gasteiger partial charge in [-0.15, -0.1) is 11.3 Å². The van der Waals surface area contributed by atoms with Crippen LogP contribution in [-0.4, -0.2) is 52.4 Å². The Labute approximate surface area is 193 Å². The number of aromatic amines is 1. The summed E-state index contributed by atoms with van der Waals surface area (Å²) in [5, 5.41) is 13.1. The molecule has 0 amide bonds. The second kappa shape index (κ2) is 10.3. The summed E-state index contributed by atoms with van der Waals surface area (Å²) < 4.78 is 5.13. The van der Waals surface area contributed by atoms with E-state index < -0.39 is 6.10 Å². The van der Waals surface area contributed by atoms with Gasteiger partial charge in [0, 0.05) is 30.6 Å². The van der Waals surface area contributed by atoms with Crippen LogP contribution in [0, 0.1) is 13.8 Å². The molecule has 0 spiro atoms. The summed E-state index contributed by atoms with van der Waals surface area (Å²) in [4.78, 5) is 24.1. The molecular formula is C25H33N3O3S. The summed E-state index contributed by atoms with van der Waals surface area (Å²) in [5.74, 6) is 0.659. The van der Waals surface area contributed by atoms with E-state index in [0.29, 0.717) is 36.9 Å². The van der Waals surface area contributed by atoms with Gasteiger partial charge in [0.2, 0.25) is 0 Å². The SMILES string of the molecule is COC[C@@H](O)CN(Cc1nc2scc(-c3cc(C)ccc3C)c2c(=O)[nH]1)C1CCCCC1. The number of thiophene rings is 1. The van der Waals surface area contributed by atoms with E-state index in [1.54, 1.807) is 7.11 Å². The largest absolute Gasteiger partial charge is 0.389 e. The minimum atomic E-state index is -0.560. The van der Waals surface area contributed by atoms with Crippen LogP contribution < -0.4 is 5.56 Å². The van der Waals surface area contributed by atoms with Gasteiger partial charge in [0.1, 0.15) is 10.7 Å². The summed E-state index contributed by atoms with van der Waals surface area (Å²) in [7, 11) is 1.60. The van der Waals surface area contributed by atoms with E-state index in [-0.39, 0.29) is 5.56 Å². The predicted molar refractivity (Wildman–Crippen MR) is 130 cm³/mol. The number of aliphatic hydroxyl groups excluding tert-OH is 1. The van der Waals surface area contributed by atoms with Crippen LogP contribution in [0.5, 0.6) is 0 Å². The number of hydrogen-bond acceptors (Lipinski definition) is 6. The number of H-pyrrole nitrogens is 1. The molecule has 1 saturated carbocycles. The van der Waals surface area contributed by atoms with Crippen LogP contribution in [0.3, 0.4) is 0 Å². The Morgan fingerprint density at radius 2 is 2.03 bits per heavy atom. The van der Waals surface area contributed by atoms with Gasteiger partial charge in [-0.2, -0.15) is 0 Å². The predicted octanol–water partition coefficient (Wildman–Crippen LogP) is 4.41. The van der Waals surface area contributed by atoms with Gasteiger partial charge in [-0.25, -0.2) is 4.98 Å². The molecule has 2 aromatic heterocycles. The Morgan fingerprint density at radius 1 is 1.25 bits per heavy atom. The van der Waals surface area contributed by atoms with Crippen LogP contribution in [0.2, 0.25) is 0 Å². The first kappa shape index (κ1) is 23.1. The summed E-state index contributed by atoms with van der Waals surface area (Å²) in [6.07, 6.45) is 5.34. The molecule has 6 nitrogen and oxygen atoms in total. The highest BCUT2D eigenvalue weighted by Crippen LogP contribution is 2.33.